The number of anilines is 2. The normalized spacial score (nSPS) is 17.7. The van der Waals surface area contributed by atoms with Crippen molar-refractivity contribution >= 4 is 23.6 Å². The number of rotatable bonds is 6. The van der Waals surface area contributed by atoms with Crippen LogP contribution in [0.15, 0.2) is 72.8 Å². The molecule has 31 heavy (non-hydrogen) atoms. The topological polar surface area (TPSA) is 49.4 Å². The summed E-state index contributed by atoms with van der Waals surface area (Å²) in [6.07, 6.45) is 3.72. The fourth-order valence-corrected chi connectivity index (χ4v) is 4.57. The molecule has 3 aromatic rings. The van der Waals surface area contributed by atoms with E-state index in [-0.39, 0.29) is 18.0 Å². The molecular formula is C27H28N2O2. The third-order valence-electron chi connectivity index (χ3n) is 5.99. The van der Waals surface area contributed by atoms with Gasteiger partial charge in [-0.05, 0) is 53.8 Å². The summed E-state index contributed by atoms with van der Waals surface area (Å²) in [6, 6.07) is 24.4. The molecule has 1 heterocycles. The quantitative estimate of drug-likeness (QED) is 0.487. The average Bonchev–Trinajstić information content (AvgIpc) is 2.79. The van der Waals surface area contributed by atoms with Gasteiger partial charge in [0.1, 0.15) is 6.29 Å². The van der Waals surface area contributed by atoms with Crippen molar-refractivity contribution in [2.45, 2.75) is 45.2 Å². The second-order valence-corrected chi connectivity index (χ2v) is 8.14. The van der Waals surface area contributed by atoms with Crippen LogP contribution in [0, 0.1) is 0 Å². The zero-order valence-corrected chi connectivity index (χ0v) is 18.0. The van der Waals surface area contributed by atoms with E-state index in [1.807, 2.05) is 47.4 Å². The van der Waals surface area contributed by atoms with E-state index in [1.165, 1.54) is 0 Å². The number of para-hydroxylation sites is 1. The number of nitrogens with zero attached hydrogens (tertiary/aromatic N) is 1. The van der Waals surface area contributed by atoms with Gasteiger partial charge in [0, 0.05) is 29.9 Å². The van der Waals surface area contributed by atoms with Crippen LogP contribution in [0.3, 0.4) is 0 Å². The highest BCUT2D eigenvalue weighted by molar-refractivity contribution is 5.94. The minimum absolute atomic E-state index is 0.0842. The van der Waals surface area contributed by atoms with Crippen LogP contribution >= 0.6 is 0 Å². The van der Waals surface area contributed by atoms with Crippen molar-refractivity contribution in [3.63, 3.8) is 0 Å². The summed E-state index contributed by atoms with van der Waals surface area (Å²) in [6.45, 7) is 3.82. The average molecular weight is 413 g/mol. The zero-order valence-electron chi connectivity index (χ0n) is 18.0. The van der Waals surface area contributed by atoms with Gasteiger partial charge in [-0.2, -0.15) is 0 Å². The minimum Gasteiger partial charge on any atom is -0.378 e. The number of benzene rings is 3. The highest BCUT2D eigenvalue weighted by Gasteiger charge is 2.34. The maximum atomic E-state index is 12.6. The SMILES string of the molecule is CCC[C@@H]1C[C@H](Nc2ccccc2)c2cc(-c3ccc(C=O)cc3)ccc2N1C(C)=O. The fraction of sp³-hybridized carbons (Fsp3) is 0.259. The lowest BCUT2D eigenvalue weighted by Gasteiger charge is -2.41. The van der Waals surface area contributed by atoms with Crippen molar-refractivity contribution in [1.82, 2.24) is 0 Å². The highest BCUT2D eigenvalue weighted by atomic mass is 16.2. The van der Waals surface area contributed by atoms with Crippen molar-refractivity contribution in [2.75, 3.05) is 10.2 Å². The van der Waals surface area contributed by atoms with Gasteiger partial charge in [-0.1, -0.05) is 61.9 Å². The van der Waals surface area contributed by atoms with Crippen LogP contribution < -0.4 is 10.2 Å². The highest BCUT2D eigenvalue weighted by Crippen LogP contribution is 2.42. The Kier molecular flexibility index (Phi) is 6.17. The number of hydrogen-bond donors (Lipinski definition) is 1. The first-order valence-electron chi connectivity index (χ1n) is 10.9. The molecule has 0 radical (unpaired) electrons. The molecule has 0 aromatic heterocycles. The van der Waals surface area contributed by atoms with E-state index in [0.29, 0.717) is 5.56 Å². The van der Waals surface area contributed by atoms with Gasteiger partial charge in [-0.25, -0.2) is 0 Å². The first-order valence-corrected chi connectivity index (χ1v) is 10.9. The third-order valence-corrected chi connectivity index (χ3v) is 5.99. The monoisotopic (exact) mass is 412 g/mol. The molecule has 4 rings (SSSR count). The summed E-state index contributed by atoms with van der Waals surface area (Å²) < 4.78 is 0. The lowest BCUT2D eigenvalue weighted by Crippen LogP contribution is -2.44. The molecule has 0 spiro atoms. The first kappa shape index (κ1) is 20.9. The predicted molar refractivity (Wildman–Crippen MR) is 127 cm³/mol. The molecule has 4 nitrogen and oxygen atoms in total. The molecule has 1 aliphatic heterocycles. The van der Waals surface area contributed by atoms with Crippen LogP contribution in [-0.4, -0.2) is 18.2 Å². The Labute approximate surface area is 183 Å². The Morgan fingerprint density at radius 1 is 1.03 bits per heavy atom. The van der Waals surface area contributed by atoms with Gasteiger partial charge < -0.3 is 10.2 Å². The summed E-state index contributed by atoms with van der Waals surface area (Å²) in [4.78, 5) is 25.6. The smallest absolute Gasteiger partial charge is 0.224 e. The lowest BCUT2D eigenvalue weighted by molar-refractivity contribution is -0.117. The zero-order chi connectivity index (χ0) is 21.8. The maximum absolute atomic E-state index is 12.6. The molecule has 0 saturated heterocycles. The molecule has 0 fully saturated rings. The number of amides is 1. The van der Waals surface area contributed by atoms with E-state index in [4.69, 9.17) is 0 Å². The van der Waals surface area contributed by atoms with Crippen LogP contribution in [0.25, 0.3) is 11.1 Å². The standard InChI is InChI=1S/C27H28N2O2/c1-3-7-24-17-26(28-23-8-5-4-6-9-23)25-16-22(14-15-27(25)29(24)19(2)31)21-12-10-20(18-30)11-13-21/h4-6,8-16,18,24,26,28H,3,7,17H2,1-2H3/t24-,26+/m1/s1. The van der Waals surface area contributed by atoms with Gasteiger partial charge >= 0.3 is 0 Å². The molecule has 0 unspecified atom stereocenters. The summed E-state index contributed by atoms with van der Waals surface area (Å²) in [5, 5.41) is 3.70. The van der Waals surface area contributed by atoms with Crippen LogP contribution in [0.2, 0.25) is 0 Å². The Balaban J connectivity index is 1.78. The molecular weight excluding hydrogens is 384 g/mol. The van der Waals surface area contributed by atoms with E-state index in [0.717, 1.165) is 53.6 Å². The second kappa shape index (κ2) is 9.17. The Bertz CT molecular complexity index is 1060. The summed E-state index contributed by atoms with van der Waals surface area (Å²) in [5.41, 5.74) is 5.98. The number of nitrogens with one attached hydrogen (secondary N) is 1. The van der Waals surface area contributed by atoms with E-state index in [1.54, 1.807) is 6.92 Å². The number of hydrogen-bond acceptors (Lipinski definition) is 3. The molecule has 1 N–H and O–H groups in total. The van der Waals surface area contributed by atoms with Crippen LogP contribution in [0.4, 0.5) is 11.4 Å². The third kappa shape index (κ3) is 4.38. The Morgan fingerprint density at radius 3 is 2.39 bits per heavy atom. The lowest BCUT2D eigenvalue weighted by atomic mass is 9.86. The molecule has 4 heteroatoms. The molecule has 0 bridgehead atoms. The van der Waals surface area contributed by atoms with Crippen LogP contribution in [-0.2, 0) is 4.79 Å². The molecule has 2 atom stereocenters. The van der Waals surface area contributed by atoms with Crippen molar-refractivity contribution in [2.24, 2.45) is 0 Å². The number of fused-ring (bicyclic) bond motifs is 1. The number of carbonyl (C=O) groups is 2. The second-order valence-electron chi connectivity index (χ2n) is 8.14. The van der Waals surface area contributed by atoms with E-state index in [2.05, 4.69) is 42.6 Å². The van der Waals surface area contributed by atoms with Crippen molar-refractivity contribution in [1.29, 1.82) is 0 Å². The maximum Gasteiger partial charge on any atom is 0.224 e. The summed E-state index contributed by atoms with van der Waals surface area (Å²) in [7, 11) is 0. The van der Waals surface area contributed by atoms with Gasteiger partial charge in [-0.15, -0.1) is 0 Å². The fourth-order valence-electron chi connectivity index (χ4n) is 4.57. The number of carbonyl (C=O) groups excluding carboxylic acids is 2. The van der Waals surface area contributed by atoms with Gasteiger partial charge in [0.15, 0.2) is 0 Å². The van der Waals surface area contributed by atoms with Crippen molar-refractivity contribution < 1.29 is 9.59 Å². The van der Waals surface area contributed by atoms with E-state index < -0.39 is 0 Å². The van der Waals surface area contributed by atoms with Gasteiger partial charge in [0.25, 0.3) is 0 Å². The van der Waals surface area contributed by atoms with Gasteiger partial charge in [0.05, 0.1) is 6.04 Å². The molecule has 158 valence electrons. The van der Waals surface area contributed by atoms with Crippen molar-refractivity contribution in [3.05, 3.63) is 83.9 Å². The minimum atomic E-state index is 0.0842. The van der Waals surface area contributed by atoms with Crippen LogP contribution in [0.5, 0.6) is 0 Å². The Morgan fingerprint density at radius 2 is 1.74 bits per heavy atom. The van der Waals surface area contributed by atoms with Crippen LogP contribution in [0.1, 0.15) is 55.1 Å². The predicted octanol–water partition coefficient (Wildman–Crippen LogP) is 6.24. The molecule has 0 saturated carbocycles. The van der Waals surface area contributed by atoms with Gasteiger partial charge in [0.2, 0.25) is 5.91 Å². The van der Waals surface area contributed by atoms with E-state index in [9.17, 15) is 9.59 Å². The molecule has 1 aliphatic rings. The van der Waals surface area contributed by atoms with Crippen molar-refractivity contribution in [3.8, 4) is 11.1 Å². The number of aldehydes is 1. The largest absolute Gasteiger partial charge is 0.378 e. The first-order chi connectivity index (χ1) is 15.1. The molecule has 3 aromatic carbocycles. The summed E-state index contributed by atoms with van der Waals surface area (Å²) >= 11 is 0. The Hall–Kier alpha value is -3.40. The molecule has 0 aliphatic carbocycles. The van der Waals surface area contributed by atoms with E-state index >= 15 is 0 Å². The molecule has 1 amide bonds. The summed E-state index contributed by atoms with van der Waals surface area (Å²) in [5.74, 6) is 0.0842. The van der Waals surface area contributed by atoms with Gasteiger partial charge in [-0.3, -0.25) is 9.59 Å².